The molecule has 1 rings (SSSR count). The Bertz CT molecular complexity index is 328. The third kappa shape index (κ3) is 5.13. The van der Waals surface area contributed by atoms with Gasteiger partial charge in [-0.3, -0.25) is 0 Å². The smallest absolute Gasteiger partial charge is 0.0456 e. The molecule has 0 saturated heterocycles. The van der Waals surface area contributed by atoms with Gasteiger partial charge < -0.3 is 5.11 Å². The van der Waals surface area contributed by atoms with Gasteiger partial charge in [0.15, 0.2) is 0 Å². The van der Waals surface area contributed by atoms with E-state index in [9.17, 15) is 0 Å². The summed E-state index contributed by atoms with van der Waals surface area (Å²) in [5.41, 5.74) is 2.58. The quantitative estimate of drug-likeness (QED) is 0.720. The number of unbranched alkanes of at least 4 members (excludes halogenated alkanes) is 1. The summed E-state index contributed by atoms with van der Waals surface area (Å²) >= 11 is 0. The van der Waals surface area contributed by atoms with Crippen molar-refractivity contribution in [2.45, 2.75) is 33.1 Å². The van der Waals surface area contributed by atoms with Crippen molar-refractivity contribution in [1.29, 1.82) is 0 Å². The molecular weight excluding hydrogens is 196 g/mol. The molecule has 0 spiro atoms. The topological polar surface area (TPSA) is 20.2 Å². The Labute approximate surface area is 98.8 Å². The van der Waals surface area contributed by atoms with Gasteiger partial charge >= 0.3 is 0 Å². The molecule has 1 aromatic rings. The normalized spacial score (nSPS) is 13.2. The van der Waals surface area contributed by atoms with Crippen LogP contribution in [0.1, 0.15) is 37.3 Å². The average molecular weight is 218 g/mol. The summed E-state index contributed by atoms with van der Waals surface area (Å²) in [5.74, 6) is 0.437. The van der Waals surface area contributed by atoms with Crippen LogP contribution in [0.5, 0.6) is 0 Å². The summed E-state index contributed by atoms with van der Waals surface area (Å²) in [5, 5.41) is 8.88. The van der Waals surface area contributed by atoms with Crippen LogP contribution in [-0.2, 0) is 0 Å². The summed E-state index contributed by atoms with van der Waals surface area (Å²) < 4.78 is 0. The van der Waals surface area contributed by atoms with Gasteiger partial charge in [-0.15, -0.1) is 0 Å². The first kappa shape index (κ1) is 13.0. The summed E-state index contributed by atoms with van der Waals surface area (Å²) in [7, 11) is 0. The molecule has 0 fully saturated rings. The van der Waals surface area contributed by atoms with Crippen molar-refractivity contribution in [1.82, 2.24) is 0 Å². The molecule has 0 amide bonds. The predicted octanol–water partition coefficient (Wildman–Crippen LogP) is 3.81. The van der Waals surface area contributed by atoms with Crippen LogP contribution in [0.15, 0.2) is 30.3 Å². The zero-order valence-corrected chi connectivity index (χ0v) is 10.3. The number of hydrogen-bond donors (Lipinski definition) is 1. The Hall–Kier alpha value is -1.08. The lowest BCUT2D eigenvalue weighted by Gasteiger charge is -2.04. The third-order valence-corrected chi connectivity index (χ3v) is 2.73. The minimum absolute atomic E-state index is 0.307. The molecule has 16 heavy (non-hydrogen) atoms. The first-order valence-corrected chi connectivity index (χ1v) is 6.06. The van der Waals surface area contributed by atoms with Crippen LogP contribution in [0, 0.1) is 12.8 Å². The number of aliphatic hydroxyl groups excluding tert-OH is 1. The van der Waals surface area contributed by atoms with Gasteiger partial charge in [0.1, 0.15) is 0 Å². The Morgan fingerprint density at radius 2 is 2.19 bits per heavy atom. The van der Waals surface area contributed by atoms with Gasteiger partial charge in [0, 0.05) is 6.61 Å². The second-order valence-corrected chi connectivity index (χ2v) is 4.54. The third-order valence-electron chi connectivity index (χ3n) is 2.73. The Morgan fingerprint density at radius 3 is 2.88 bits per heavy atom. The van der Waals surface area contributed by atoms with E-state index in [1.807, 2.05) is 0 Å². The van der Waals surface area contributed by atoms with Crippen LogP contribution in [0.2, 0.25) is 0 Å². The molecule has 0 bridgehead atoms. The molecule has 1 nitrogen and oxygen atoms in total. The standard InChI is InChI=1S/C15H22O/c1-13-8-6-10-15(11-13)9-5-3-4-7-14(2)12-16/h5-6,8-11,14,16H,3-4,7,12H2,1-2H3/b9-5+/t14-/m0/s1. The van der Waals surface area contributed by atoms with E-state index in [1.165, 1.54) is 11.1 Å². The molecule has 0 unspecified atom stereocenters. The summed E-state index contributed by atoms with van der Waals surface area (Å²) in [6, 6.07) is 8.51. The van der Waals surface area contributed by atoms with Crippen molar-refractivity contribution in [3.8, 4) is 0 Å². The molecule has 0 heterocycles. The molecule has 1 heteroatoms. The number of aryl methyl sites for hydroxylation is 1. The lowest BCUT2D eigenvalue weighted by atomic mass is 10.0. The summed E-state index contributed by atoms with van der Waals surface area (Å²) in [6.07, 6.45) is 7.76. The van der Waals surface area contributed by atoms with Gasteiger partial charge in [0.05, 0.1) is 0 Å². The predicted molar refractivity (Wildman–Crippen MR) is 70.3 cm³/mol. The fourth-order valence-corrected chi connectivity index (χ4v) is 1.67. The van der Waals surface area contributed by atoms with Gasteiger partial charge in [-0.1, -0.05) is 48.9 Å². The lowest BCUT2D eigenvalue weighted by molar-refractivity contribution is 0.228. The fourth-order valence-electron chi connectivity index (χ4n) is 1.67. The molecule has 1 atom stereocenters. The van der Waals surface area contributed by atoms with Crippen LogP contribution in [-0.4, -0.2) is 11.7 Å². The Balaban J connectivity index is 2.27. The minimum atomic E-state index is 0.307. The first-order valence-electron chi connectivity index (χ1n) is 6.06. The van der Waals surface area contributed by atoms with Crippen molar-refractivity contribution < 1.29 is 5.11 Å². The van der Waals surface area contributed by atoms with Crippen LogP contribution >= 0.6 is 0 Å². The van der Waals surface area contributed by atoms with Crippen molar-refractivity contribution in [2.75, 3.05) is 6.61 Å². The van der Waals surface area contributed by atoms with Crippen molar-refractivity contribution in [3.63, 3.8) is 0 Å². The lowest BCUT2D eigenvalue weighted by Crippen LogP contribution is -1.99. The molecule has 0 radical (unpaired) electrons. The molecule has 1 N–H and O–H groups in total. The zero-order chi connectivity index (χ0) is 11.8. The van der Waals surface area contributed by atoms with Gasteiger partial charge in [0.25, 0.3) is 0 Å². The van der Waals surface area contributed by atoms with Crippen molar-refractivity contribution >= 4 is 6.08 Å². The molecule has 0 aliphatic heterocycles. The Kier molecular flexibility index (Phi) is 5.87. The summed E-state index contributed by atoms with van der Waals surface area (Å²) in [6.45, 7) is 4.51. The largest absolute Gasteiger partial charge is 0.396 e. The maximum Gasteiger partial charge on any atom is 0.0456 e. The highest BCUT2D eigenvalue weighted by Gasteiger charge is 1.97. The Morgan fingerprint density at radius 1 is 1.38 bits per heavy atom. The van der Waals surface area contributed by atoms with E-state index in [-0.39, 0.29) is 0 Å². The van der Waals surface area contributed by atoms with Crippen LogP contribution in [0.3, 0.4) is 0 Å². The molecule has 1 aromatic carbocycles. The van der Waals surface area contributed by atoms with Crippen LogP contribution in [0.25, 0.3) is 6.08 Å². The molecule has 88 valence electrons. The average Bonchev–Trinajstić information content (AvgIpc) is 2.28. The van der Waals surface area contributed by atoms with E-state index in [0.29, 0.717) is 12.5 Å². The maximum absolute atomic E-state index is 8.88. The zero-order valence-electron chi connectivity index (χ0n) is 10.3. The van der Waals surface area contributed by atoms with E-state index in [4.69, 9.17) is 5.11 Å². The molecule has 0 aromatic heterocycles. The van der Waals surface area contributed by atoms with Gasteiger partial charge in [-0.05, 0) is 37.7 Å². The molecule has 0 aliphatic carbocycles. The number of allylic oxidation sites excluding steroid dienone is 1. The van der Waals surface area contributed by atoms with E-state index < -0.39 is 0 Å². The fraction of sp³-hybridized carbons (Fsp3) is 0.467. The van der Waals surface area contributed by atoms with Crippen molar-refractivity contribution in [2.24, 2.45) is 5.92 Å². The van der Waals surface area contributed by atoms with Crippen LogP contribution < -0.4 is 0 Å². The van der Waals surface area contributed by atoms with E-state index in [0.717, 1.165) is 19.3 Å². The monoisotopic (exact) mass is 218 g/mol. The van der Waals surface area contributed by atoms with Gasteiger partial charge in [-0.2, -0.15) is 0 Å². The number of rotatable bonds is 6. The van der Waals surface area contributed by atoms with Gasteiger partial charge in [0.2, 0.25) is 0 Å². The van der Waals surface area contributed by atoms with E-state index in [2.05, 4.69) is 50.3 Å². The number of hydrogen-bond acceptors (Lipinski definition) is 1. The summed E-state index contributed by atoms with van der Waals surface area (Å²) in [4.78, 5) is 0. The number of benzene rings is 1. The highest BCUT2D eigenvalue weighted by atomic mass is 16.3. The minimum Gasteiger partial charge on any atom is -0.396 e. The number of aliphatic hydroxyl groups is 1. The highest BCUT2D eigenvalue weighted by molar-refractivity contribution is 5.49. The van der Waals surface area contributed by atoms with Crippen molar-refractivity contribution in [3.05, 3.63) is 41.5 Å². The second-order valence-electron chi connectivity index (χ2n) is 4.54. The van der Waals surface area contributed by atoms with E-state index >= 15 is 0 Å². The molecule has 0 saturated carbocycles. The first-order chi connectivity index (χ1) is 7.72. The van der Waals surface area contributed by atoms with Gasteiger partial charge in [-0.25, -0.2) is 0 Å². The van der Waals surface area contributed by atoms with E-state index in [1.54, 1.807) is 0 Å². The maximum atomic E-state index is 8.88. The van der Waals surface area contributed by atoms with Crippen LogP contribution in [0.4, 0.5) is 0 Å². The SMILES string of the molecule is Cc1cccc(/C=C/CCC[C@H](C)CO)c1. The highest BCUT2D eigenvalue weighted by Crippen LogP contribution is 2.10. The molecular formula is C15H22O. The second kappa shape index (κ2) is 7.24. The molecule has 0 aliphatic rings.